The molecule has 6 nitrogen and oxygen atoms in total. The van der Waals surface area contributed by atoms with Crippen molar-refractivity contribution in [2.45, 2.75) is 13.8 Å². The smallest absolute Gasteiger partial charge is 0.224 e. The second kappa shape index (κ2) is 3.93. The lowest BCUT2D eigenvalue weighted by Gasteiger charge is -2.05. The van der Waals surface area contributed by atoms with Crippen LogP contribution in [0.4, 0.5) is 5.95 Å². The van der Waals surface area contributed by atoms with E-state index in [1.165, 1.54) is 0 Å². The first-order chi connectivity index (χ1) is 7.56. The van der Waals surface area contributed by atoms with Crippen LogP contribution in [0.2, 0.25) is 0 Å². The van der Waals surface area contributed by atoms with Gasteiger partial charge in [-0.1, -0.05) is 0 Å². The van der Waals surface area contributed by atoms with Crippen LogP contribution < -0.4 is 5.73 Å². The SMILES string of the molecule is Cc1cc(-c2nc(=S)nc(N)[nH]2)c(C)nn1. The van der Waals surface area contributed by atoms with Gasteiger partial charge in [0, 0.05) is 5.56 Å². The summed E-state index contributed by atoms with van der Waals surface area (Å²) in [5, 5.41) is 7.95. The molecule has 7 heteroatoms. The van der Waals surface area contributed by atoms with Crippen LogP contribution in [0.15, 0.2) is 6.07 Å². The van der Waals surface area contributed by atoms with Gasteiger partial charge in [0.25, 0.3) is 0 Å². The Bertz CT molecular complexity index is 591. The number of hydrogen-bond acceptors (Lipinski definition) is 6. The predicted octanol–water partition coefficient (Wildman–Crippen LogP) is 1.19. The number of aromatic nitrogens is 5. The van der Waals surface area contributed by atoms with Crippen molar-refractivity contribution in [2.75, 3.05) is 5.73 Å². The Morgan fingerprint density at radius 2 is 2.00 bits per heavy atom. The van der Waals surface area contributed by atoms with E-state index in [2.05, 4.69) is 25.1 Å². The zero-order chi connectivity index (χ0) is 11.7. The molecule has 2 aromatic rings. The Balaban J connectivity index is 2.66. The van der Waals surface area contributed by atoms with E-state index in [-0.39, 0.29) is 10.7 Å². The summed E-state index contributed by atoms with van der Waals surface area (Å²) in [6, 6.07) is 1.87. The maximum absolute atomic E-state index is 5.58. The Morgan fingerprint density at radius 1 is 1.25 bits per heavy atom. The van der Waals surface area contributed by atoms with Crippen molar-refractivity contribution in [1.82, 2.24) is 25.1 Å². The fourth-order valence-corrected chi connectivity index (χ4v) is 1.51. The fraction of sp³-hybridized carbons (Fsp3) is 0.222. The lowest BCUT2D eigenvalue weighted by molar-refractivity contribution is 0.933. The molecule has 2 heterocycles. The van der Waals surface area contributed by atoms with Crippen molar-refractivity contribution in [3.05, 3.63) is 22.2 Å². The predicted molar refractivity (Wildman–Crippen MR) is 62.1 cm³/mol. The quantitative estimate of drug-likeness (QED) is 0.720. The summed E-state index contributed by atoms with van der Waals surface area (Å²) in [5.74, 6) is 0.803. The number of nitrogens with two attached hydrogens (primary N) is 1. The molecular weight excluding hydrogens is 224 g/mol. The van der Waals surface area contributed by atoms with Gasteiger partial charge in [0.2, 0.25) is 10.7 Å². The third-order valence-electron chi connectivity index (χ3n) is 2.03. The van der Waals surface area contributed by atoms with Crippen LogP contribution in [0.1, 0.15) is 11.4 Å². The van der Waals surface area contributed by atoms with Crippen LogP contribution in [0, 0.1) is 18.6 Å². The molecule has 0 unspecified atom stereocenters. The maximum atomic E-state index is 5.58. The van der Waals surface area contributed by atoms with E-state index in [4.69, 9.17) is 18.0 Å². The molecule has 2 aromatic heterocycles. The number of hydrogen-bond donors (Lipinski definition) is 2. The number of nitrogens with one attached hydrogen (secondary N) is 1. The molecule has 0 fully saturated rings. The van der Waals surface area contributed by atoms with E-state index in [1.54, 1.807) is 0 Å². The first-order valence-corrected chi connectivity index (χ1v) is 5.02. The van der Waals surface area contributed by atoms with Gasteiger partial charge in [-0.2, -0.15) is 15.2 Å². The number of nitrogens with zero attached hydrogens (tertiary/aromatic N) is 4. The van der Waals surface area contributed by atoms with E-state index in [0.29, 0.717) is 5.82 Å². The van der Waals surface area contributed by atoms with Crippen LogP contribution in [0.3, 0.4) is 0 Å². The van der Waals surface area contributed by atoms with Gasteiger partial charge in [-0.15, -0.1) is 0 Å². The van der Waals surface area contributed by atoms with E-state index in [9.17, 15) is 0 Å². The van der Waals surface area contributed by atoms with Gasteiger partial charge in [0.15, 0.2) is 0 Å². The highest BCUT2D eigenvalue weighted by Crippen LogP contribution is 2.17. The van der Waals surface area contributed by atoms with Gasteiger partial charge in [-0.05, 0) is 32.1 Å². The summed E-state index contributed by atoms with van der Waals surface area (Å²) in [5.41, 5.74) is 7.96. The topological polar surface area (TPSA) is 93.4 Å². The molecule has 0 radical (unpaired) electrons. The minimum absolute atomic E-state index is 0.208. The number of anilines is 1. The third kappa shape index (κ3) is 2.03. The molecule has 3 N–H and O–H groups in total. The van der Waals surface area contributed by atoms with Crippen LogP contribution >= 0.6 is 12.2 Å². The van der Waals surface area contributed by atoms with Crippen molar-refractivity contribution in [3.63, 3.8) is 0 Å². The molecule has 16 heavy (non-hydrogen) atoms. The molecular formula is C9H10N6S. The van der Waals surface area contributed by atoms with Gasteiger partial charge >= 0.3 is 0 Å². The summed E-state index contributed by atoms with van der Waals surface area (Å²) in [4.78, 5) is 10.8. The Hall–Kier alpha value is -1.89. The van der Waals surface area contributed by atoms with E-state index < -0.39 is 0 Å². The molecule has 0 aromatic carbocycles. The summed E-state index contributed by atoms with van der Waals surface area (Å²) >= 11 is 4.90. The second-order valence-corrected chi connectivity index (χ2v) is 3.71. The first-order valence-electron chi connectivity index (χ1n) is 4.61. The summed E-state index contributed by atoms with van der Waals surface area (Å²) < 4.78 is 0.208. The van der Waals surface area contributed by atoms with Gasteiger partial charge in [0.1, 0.15) is 5.82 Å². The zero-order valence-electron chi connectivity index (χ0n) is 8.85. The highest BCUT2D eigenvalue weighted by molar-refractivity contribution is 7.71. The van der Waals surface area contributed by atoms with Gasteiger partial charge in [-0.25, -0.2) is 4.98 Å². The average Bonchev–Trinajstić information content (AvgIpc) is 2.20. The molecule has 0 spiro atoms. The van der Waals surface area contributed by atoms with Crippen LogP contribution in [-0.4, -0.2) is 25.1 Å². The highest BCUT2D eigenvalue weighted by atomic mass is 32.1. The van der Waals surface area contributed by atoms with Crippen molar-refractivity contribution in [2.24, 2.45) is 0 Å². The molecule has 2 rings (SSSR count). The molecule has 0 saturated carbocycles. The fourth-order valence-electron chi connectivity index (χ4n) is 1.32. The minimum Gasteiger partial charge on any atom is -0.369 e. The molecule has 0 aliphatic rings. The number of aromatic amines is 1. The highest BCUT2D eigenvalue weighted by Gasteiger charge is 2.07. The Kier molecular flexibility index (Phi) is 2.61. The maximum Gasteiger partial charge on any atom is 0.224 e. The van der Waals surface area contributed by atoms with Gasteiger partial charge < -0.3 is 10.7 Å². The average molecular weight is 234 g/mol. The number of rotatable bonds is 1. The Morgan fingerprint density at radius 3 is 2.69 bits per heavy atom. The summed E-state index contributed by atoms with van der Waals surface area (Å²) in [6.45, 7) is 3.70. The molecule has 0 saturated heterocycles. The van der Waals surface area contributed by atoms with E-state index in [0.717, 1.165) is 17.0 Å². The van der Waals surface area contributed by atoms with Crippen LogP contribution in [-0.2, 0) is 0 Å². The lowest BCUT2D eigenvalue weighted by Crippen LogP contribution is -2.02. The standard InChI is InChI=1S/C9H10N6S/c1-4-3-6(5(2)15-14-4)7-11-8(10)13-9(16)12-7/h3H,1-2H3,(H3,10,11,12,13,16). The number of H-pyrrole nitrogens is 1. The second-order valence-electron chi connectivity index (χ2n) is 3.35. The van der Waals surface area contributed by atoms with Crippen molar-refractivity contribution in [3.8, 4) is 11.4 Å². The number of nitrogen functional groups attached to an aromatic ring is 1. The normalized spacial score (nSPS) is 10.4. The molecule has 0 aliphatic carbocycles. The minimum atomic E-state index is 0.208. The molecule has 0 atom stereocenters. The van der Waals surface area contributed by atoms with E-state index in [1.807, 2.05) is 19.9 Å². The van der Waals surface area contributed by atoms with Crippen LogP contribution in [0.5, 0.6) is 0 Å². The molecule has 0 aliphatic heterocycles. The third-order valence-corrected chi connectivity index (χ3v) is 2.21. The van der Waals surface area contributed by atoms with Crippen molar-refractivity contribution >= 4 is 18.2 Å². The molecule has 0 amide bonds. The number of aryl methyl sites for hydroxylation is 2. The summed E-state index contributed by atoms with van der Waals surface area (Å²) in [6.07, 6.45) is 0. The van der Waals surface area contributed by atoms with Gasteiger partial charge in [0.05, 0.1) is 11.4 Å². The van der Waals surface area contributed by atoms with Crippen molar-refractivity contribution < 1.29 is 0 Å². The van der Waals surface area contributed by atoms with E-state index >= 15 is 0 Å². The first kappa shape index (κ1) is 10.6. The van der Waals surface area contributed by atoms with Crippen LogP contribution in [0.25, 0.3) is 11.4 Å². The summed E-state index contributed by atoms with van der Waals surface area (Å²) in [7, 11) is 0. The zero-order valence-corrected chi connectivity index (χ0v) is 9.67. The lowest BCUT2D eigenvalue weighted by atomic mass is 10.2. The monoisotopic (exact) mass is 234 g/mol. The van der Waals surface area contributed by atoms with Gasteiger partial charge in [-0.3, -0.25) is 0 Å². The largest absolute Gasteiger partial charge is 0.369 e. The van der Waals surface area contributed by atoms with Crippen molar-refractivity contribution in [1.29, 1.82) is 0 Å². The molecule has 82 valence electrons. The Labute approximate surface area is 97.0 Å². The molecule has 0 bridgehead atoms.